The van der Waals surface area contributed by atoms with Gasteiger partial charge in [0, 0.05) is 24.4 Å². The third-order valence-electron chi connectivity index (χ3n) is 4.14. The molecular formula is C21H25N3O4. The lowest BCUT2D eigenvalue weighted by Gasteiger charge is -2.22. The first-order valence-corrected chi connectivity index (χ1v) is 9.14. The normalized spacial score (nSPS) is 12.8. The first-order valence-electron chi connectivity index (χ1n) is 9.14. The number of aliphatic carboxylic acids is 1. The molecule has 0 saturated heterocycles. The van der Waals surface area contributed by atoms with E-state index in [9.17, 15) is 19.5 Å². The van der Waals surface area contributed by atoms with Gasteiger partial charge in [0.15, 0.2) is 0 Å². The SMILES string of the molecule is CC(C)C[C@@H](NC(=O)C(Cc1cccnc1)NC(=O)c1ccccc1)C(=O)O. The van der Waals surface area contributed by atoms with Crippen LogP contribution >= 0.6 is 0 Å². The zero-order valence-corrected chi connectivity index (χ0v) is 16.0. The smallest absolute Gasteiger partial charge is 0.326 e. The van der Waals surface area contributed by atoms with Gasteiger partial charge < -0.3 is 15.7 Å². The quantitative estimate of drug-likeness (QED) is 0.614. The van der Waals surface area contributed by atoms with E-state index in [0.717, 1.165) is 5.56 Å². The van der Waals surface area contributed by atoms with Crippen molar-refractivity contribution in [1.29, 1.82) is 0 Å². The van der Waals surface area contributed by atoms with E-state index >= 15 is 0 Å². The standard InChI is InChI=1S/C21H25N3O4/c1-14(2)11-18(21(27)28)24-20(26)17(12-15-7-6-10-22-13-15)23-19(25)16-8-4-3-5-9-16/h3-10,13-14,17-18H,11-12H2,1-2H3,(H,23,25)(H,24,26)(H,27,28)/t17?,18-/m1/s1. The summed E-state index contributed by atoms with van der Waals surface area (Å²) >= 11 is 0. The molecule has 2 atom stereocenters. The number of hydrogen-bond acceptors (Lipinski definition) is 4. The van der Waals surface area contributed by atoms with Gasteiger partial charge in [-0.1, -0.05) is 38.1 Å². The summed E-state index contributed by atoms with van der Waals surface area (Å²) in [6.45, 7) is 3.76. The number of hydrogen-bond donors (Lipinski definition) is 3. The molecule has 7 nitrogen and oxygen atoms in total. The van der Waals surface area contributed by atoms with Gasteiger partial charge in [-0.15, -0.1) is 0 Å². The fourth-order valence-electron chi connectivity index (χ4n) is 2.76. The Morgan fingerprint density at radius 3 is 2.29 bits per heavy atom. The highest BCUT2D eigenvalue weighted by atomic mass is 16.4. The number of nitrogens with zero attached hydrogens (tertiary/aromatic N) is 1. The molecule has 0 aliphatic carbocycles. The van der Waals surface area contributed by atoms with Gasteiger partial charge in [0.1, 0.15) is 12.1 Å². The van der Waals surface area contributed by atoms with Crippen LogP contribution in [0.2, 0.25) is 0 Å². The largest absolute Gasteiger partial charge is 0.480 e. The number of aromatic nitrogens is 1. The van der Waals surface area contributed by atoms with Crippen LogP contribution < -0.4 is 10.6 Å². The van der Waals surface area contributed by atoms with Gasteiger partial charge in [-0.2, -0.15) is 0 Å². The van der Waals surface area contributed by atoms with Gasteiger partial charge in [-0.3, -0.25) is 14.6 Å². The number of amides is 2. The van der Waals surface area contributed by atoms with Gasteiger partial charge in [0.25, 0.3) is 5.91 Å². The summed E-state index contributed by atoms with van der Waals surface area (Å²) in [6, 6.07) is 10.1. The second-order valence-electron chi connectivity index (χ2n) is 6.99. The van der Waals surface area contributed by atoms with Crippen LogP contribution in [0.1, 0.15) is 36.2 Å². The van der Waals surface area contributed by atoms with Gasteiger partial charge >= 0.3 is 5.97 Å². The Kier molecular flexibility index (Phi) is 7.68. The van der Waals surface area contributed by atoms with Crippen LogP contribution in [0.25, 0.3) is 0 Å². The maximum Gasteiger partial charge on any atom is 0.326 e. The number of nitrogens with one attached hydrogen (secondary N) is 2. The summed E-state index contributed by atoms with van der Waals surface area (Å²) < 4.78 is 0. The molecule has 0 fully saturated rings. The maximum absolute atomic E-state index is 12.8. The van der Waals surface area contributed by atoms with E-state index in [-0.39, 0.29) is 12.3 Å². The summed E-state index contributed by atoms with van der Waals surface area (Å²) in [5, 5.41) is 14.6. The predicted octanol–water partition coefficient (Wildman–Crippen LogP) is 2.04. The number of carboxylic acids is 1. The Morgan fingerprint density at radius 2 is 1.71 bits per heavy atom. The van der Waals surface area contributed by atoms with E-state index in [1.807, 2.05) is 13.8 Å². The third-order valence-corrected chi connectivity index (χ3v) is 4.14. The van der Waals surface area contributed by atoms with Crippen molar-refractivity contribution >= 4 is 17.8 Å². The van der Waals surface area contributed by atoms with E-state index in [1.165, 1.54) is 0 Å². The average Bonchev–Trinajstić information content (AvgIpc) is 2.68. The van der Waals surface area contributed by atoms with Crippen molar-refractivity contribution in [2.75, 3.05) is 0 Å². The molecule has 0 bridgehead atoms. The minimum atomic E-state index is -1.10. The number of carbonyl (C=O) groups excluding carboxylic acids is 2. The topological polar surface area (TPSA) is 108 Å². The Labute approximate surface area is 164 Å². The minimum absolute atomic E-state index is 0.0945. The van der Waals surface area contributed by atoms with E-state index in [1.54, 1.807) is 54.9 Å². The summed E-state index contributed by atoms with van der Waals surface area (Å²) in [4.78, 5) is 40.8. The lowest BCUT2D eigenvalue weighted by atomic mass is 10.0. The zero-order valence-electron chi connectivity index (χ0n) is 16.0. The van der Waals surface area contributed by atoms with E-state index in [2.05, 4.69) is 15.6 Å². The van der Waals surface area contributed by atoms with Crippen LogP contribution in [0.15, 0.2) is 54.9 Å². The van der Waals surface area contributed by atoms with Crippen molar-refractivity contribution in [3.63, 3.8) is 0 Å². The summed E-state index contributed by atoms with van der Waals surface area (Å²) in [6.07, 6.45) is 3.72. The third kappa shape index (κ3) is 6.50. The molecule has 28 heavy (non-hydrogen) atoms. The van der Waals surface area contributed by atoms with Crippen molar-refractivity contribution in [3.8, 4) is 0 Å². The molecule has 0 spiro atoms. The van der Waals surface area contributed by atoms with Crippen molar-refractivity contribution in [2.45, 2.75) is 38.8 Å². The number of pyridine rings is 1. The Hall–Kier alpha value is -3.22. The molecule has 2 aromatic rings. The zero-order chi connectivity index (χ0) is 20.5. The number of carbonyl (C=O) groups is 3. The first kappa shape index (κ1) is 21.1. The molecule has 0 aliphatic rings. The molecule has 7 heteroatoms. The molecule has 1 unspecified atom stereocenters. The van der Waals surface area contributed by atoms with Crippen molar-refractivity contribution in [3.05, 3.63) is 66.0 Å². The molecule has 0 aliphatic heterocycles. The number of carboxylic acid groups (broad SMARTS) is 1. The predicted molar refractivity (Wildman–Crippen MR) is 105 cm³/mol. The number of rotatable bonds is 9. The highest BCUT2D eigenvalue weighted by Crippen LogP contribution is 2.08. The lowest BCUT2D eigenvalue weighted by Crippen LogP contribution is -2.52. The van der Waals surface area contributed by atoms with Gasteiger partial charge in [-0.05, 0) is 36.1 Å². The highest BCUT2D eigenvalue weighted by molar-refractivity contribution is 5.98. The molecule has 0 radical (unpaired) electrons. The second-order valence-corrected chi connectivity index (χ2v) is 6.99. The fraction of sp³-hybridized carbons (Fsp3) is 0.333. The summed E-state index contributed by atoms with van der Waals surface area (Å²) in [5.41, 5.74) is 1.18. The molecule has 1 aromatic heterocycles. The van der Waals surface area contributed by atoms with E-state index in [4.69, 9.17) is 0 Å². The molecular weight excluding hydrogens is 358 g/mol. The molecule has 2 rings (SSSR count). The molecule has 148 valence electrons. The monoisotopic (exact) mass is 383 g/mol. The van der Waals surface area contributed by atoms with Crippen LogP contribution in [0.3, 0.4) is 0 Å². The van der Waals surface area contributed by atoms with Crippen LogP contribution in [0.4, 0.5) is 0 Å². The van der Waals surface area contributed by atoms with E-state index < -0.39 is 29.9 Å². The van der Waals surface area contributed by atoms with Crippen LogP contribution in [0.5, 0.6) is 0 Å². The molecule has 2 amide bonds. The van der Waals surface area contributed by atoms with Gasteiger partial charge in [0.2, 0.25) is 5.91 Å². The number of benzene rings is 1. The lowest BCUT2D eigenvalue weighted by molar-refractivity contribution is -0.142. The molecule has 1 aromatic carbocycles. The Balaban J connectivity index is 2.17. The summed E-state index contributed by atoms with van der Waals surface area (Å²) in [5.74, 6) is -1.95. The van der Waals surface area contributed by atoms with Crippen LogP contribution in [-0.4, -0.2) is 40.0 Å². The van der Waals surface area contributed by atoms with E-state index in [0.29, 0.717) is 12.0 Å². The summed E-state index contributed by atoms with van der Waals surface area (Å²) in [7, 11) is 0. The Bertz CT molecular complexity index is 794. The average molecular weight is 383 g/mol. The maximum atomic E-state index is 12.8. The van der Waals surface area contributed by atoms with Crippen molar-refractivity contribution < 1.29 is 19.5 Å². The molecule has 0 saturated carbocycles. The highest BCUT2D eigenvalue weighted by Gasteiger charge is 2.27. The fourth-order valence-corrected chi connectivity index (χ4v) is 2.76. The second kappa shape index (κ2) is 10.2. The Morgan fingerprint density at radius 1 is 1.00 bits per heavy atom. The van der Waals surface area contributed by atoms with Crippen LogP contribution in [0, 0.1) is 5.92 Å². The van der Waals surface area contributed by atoms with Crippen molar-refractivity contribution in [1.82, 2.24) is 15.6 Å². The first-order chi connectivity index (χ1) is 13.4. The van der Waals surface area contributed by atoms with Crippen molar-refractivity contribution in [2.24, 2.45) is 5.92 Å². The van der Waals surface area contributed by atoms with Crippen LogP contribution in [-0.2, 0) is 16.0 Å². The minimum Gasteiger partial charge on any atom is -0.480 e. The molecule has 3 N–H and O–H groups in total. The van der Waals surface area contributed by atoms with Gasteiger partial charge in [-0.25, -0.2) is 4.79 Å². The van der Waals surface area contributed by atoms with Gasteiger partial charge in [0.05, 0.1) is 0 Å². The molecule has 1 heterocycles.